The predicted octanol–water partition coefficient (Wildman–Crippen LogP) is 1.21. The first kappa shape index (κ1) is 19.5. The topological polar surface area (TPSA) is 98.2 Å². The van der Waals surface area contributed by atoms with Gasteiger partial charge in [0.2, 0.25) is 5.91 Å². The minimum Gasteiger partial charge on any atom is -0.496 e. The van der Waals surface area contributed by atoms with E-state index in [1.165, 1.54) is 11.8 Å². The average Bonchev–Trinajstić information content (AvgIpc) is 3.31. The normalized spacial score (nSPS) is 16.4. The van der Waals surface area contributed by atoms with Crippen molar-refractivity contribution in [3.05, 3.63) is 40.3 Å². The molecule has 1 aromatic heterocycles. The van der Waals surface area contributed by atoms with Gasteiger partial charge in [0.15, 0.2) is 5.16 Å². The first-order valence-electron chi connectivity index (χ1n) is 8.95. The van der Waals surface area contributed by atoms with E-state index in [9.17, 15) is 9.59 Å². The first-order valence-corrected chi connectivity index (χ1v) is 9.94. The predicted molar refractivity (Wildman–Crippen MR) is 102 cm³/mol. The number of carbonyl (C=O) groups excluding carboxylic acids is 1. The van der Waals surface area contributed by atoms with Gasteiger partial charge in [0, 0.05) is 13.2 Å². The number of nitrogens with zero attached hydrogens (tertiary/aromatic N) is 2. The molecule has 1 saturated heterocycles. The van der Waals surface area contributed by atoms with Crippen molar-refractivity contribution in [3.8, 4) is 5.75 Å². The number of amides is 1. The Bertz CT molecular complexity index is 814. The van der Waals surface area contributed by atoms with E-state index in [-0.39, 0.29) is 23.5 Å². The second-order valence-electron chi connectivity index (χ2n) is 6.26. The van der Waals surface area contributed by atoms with Crippen LogP contribution in [0.1, 0.15) is 18.4 Å². The van der Waals surface area contributed by atoms with E-state index < -0.39 is 0 Å². The first-order chi connectivity index (χ1) is 13.2. The maximum Gasteiger partial charge on any atom is 0.344 e. The van der Waals surface area contributed by atoms with E-state index in [4.69, 9.17) is 9.47 Å². The van der Waals surface area contributed by atoms with E-state index in [0.29, 0.717) is 24.7 Å². The van der Waals surface area contributed by atoms with Crippen molar-refractivity contribution >= 4 is 17.7 Å². The van der Waals surface area contributed by atoms with E-state index >= 15 is 0 Å². The number of rotatable bonds is 9. The fourth-order valence-electron chi connectivity index (χ4n) is 2.99. The Morgan fingerprint density at radius 1 is 1.48 bits per heavy atom. The summed E-state index contributed by atoms with van der Waals surface area (Å²) in [4.78, 5) is 24.0. The fourth-order valence-corrected chi connectivity index (χ4v) is 3.78. The monoisotopic (exact) mass is 392 g/mol. The lowest BCUT2D eigenvalue weighted by atomic mass is 10.1. The van der Waals surface area contributed by atoms with Gasteiger partial charge in [0.1, 0.15) is 5.75 Å². The Morgan fingerprint density at radius 2 is 2.33 bits per heavy atom. The lowest BCUT2D eigenvalue weighted by Gasteiger charge is -2.11. The van der Waals surface area contributed by atoms with Crippen LogP contribution in [0.2, 0.25) is 0 Å². The molecule has 0 radical (unpaired) electrons. The molecule has 1 amide bonds. The Hall–Kier alpha value is -2.26. The smallest absolute Gasteiger partial charge is 0.344 e. The minimum atomic E-state index is -0.274. The largest absolute Gasteiger partial charge is 0.496 e. The number of ether oxygens (including phenoxy) is 2. The number of carbonyl (C=O) groups is 1. The second kappa shape index (κ2) is 9.61. The maximum absolute atomic E-state index is 12.1. The van der Waals surface area contributed by atoms with Crippen molar-refractivity contribution in [3.63, 3.8) is 0 Å². The molecule has 1 aliphatic heterocycles. The van der Waals surface area contributed by atoms with Crippen LogP contribution in [-0.4, -0.2) is 52.8 Å². The summed E-state index contributed by atoms with van der Waals surface area (Å²) in [5.74, 6) is 0.909. The van der Waals surface area contributed by atoms with E-state index in [1.54, 1.807) is 11.7 Å². The highest BCUT2D eigenvalue weighted by Gasteiger charge is 2.20. The van der Waals surface area contributed by atoms with Crippen LogP contribution in [0.5, 0.6) is 5.75 Å². The third kappa shape index (κ3) is 5.36. The molecule has 9 heteroatoms. The zero-order chi connectivity index (χ0) is 19.1. The summed E-state index contributed by atoms with van der Waals surface area (Å²) in [6, 6.07) is 7.74. The number of aromatic amines is 1. The summed E-state index contributed by atoms with van der Waals surface area (Å²) in [7, 11) is 1.63. The van der Waals surface area contributed by atoms with Crippen LogP contribution in [0.15, 0.2) is 34.2 Å². The van der Waals surface area contributed by atoms with Crippen LogP contribution in [-0.2, 0) is 22.5 Å². The zero-order valence-corrected chi connectivity index (χ0v) is 16.1. The Labute approximate surface area is 161 Å². The van der Waals surface area contributed by atoms with Crippen LogP contribution in [0.4, 0.5) is 0 Å². The summed E-state index contributed by atoms with van der Waals surface area (Å²) in [5, 5.41) is 9.86. The molecule has 2 aromatic rings. The van der Waals surface area contributed by atoms with Gasteiger partial charge in [0.25, 0.3) is 0 Å². The Balaban J connectivity index is 1.46. The molecule has 0 saturated carbocycles. The molecule has 2 N–H and O–H groups in total. The molecule has 27 heavy (non-hydrogen) atoms. The SMILES string of the molecule is COc1ccccc1CCNC(=O)CSc1n[nH]c(=O)n1C[C@H]1CCCO1. The number of H-pyrrole nitrogens is 1. The van der Waals surface area contributed by atoms with Crippen molar-refractivity contribution in [1.29, 1.82) is 0 Å². The summed E-state index contributed by atoms with van der Waals surface area (Å²) in [6.45, 7) is 1.71. The van der Waals surface area contributed by atoms with Crippen LogP contribution >= 0.6 is 11.8 Å². The van der Waals surface area contributed by atoms with Gasteiger partial charge in [-0.05, 0) is 30.9 Å². The molecule has 0 bridgehead atoms. The molecule has 1 atom stereocenters. The Morgan fingerprint density at radius 3 is 3.11 bits per heavy atom. The van der Waals surface area contributed by atoms with E-state index in [2.05, 4.69) is 15.5 Å². The summed E-state index contributed by atoms with van der Waals surface area (Å²) in [6.07, 6.45) is 2.67. The van der Waals surface area contributed by atoms with Gasteiger partial charge in [-0.15, -0.1) is 5.10 Å². The molecular weight excluding hydrogens is 368 g/mol. The molecule has 1 aromatic carbocycles. The number of thioether (sulfide) groups is 1. The minimum absolute atomic E-state index is 0.0364. The number of nitrogens with one attached hydrogen (secondary N) is 2. The van der Waals surface area contributed by atoms with Gasteiger partial charge < -0.3 is 14.8 Å². The van der Waals surface area contributed by atoms with Gasteiger partial charge in [0.05, 0.1) is 25.5 Å². The van der Waals surface area contributed by atoms with Crippen molar-refractivity contribution < 1.29 is 14.3 Å². The molecule has 0 unspecified atom stereocenters. The van der Waals surface area contributed by atoms with Crippen molar-refractivity contribution in [2.45, 2.75) is 37.1 Å². The number of hydrogen-bond donors (Lipinski definition) is 2. The fraction of sp³-hybridized carbons (Fsp3) is 0.500. The third-order valence-corrected chi connectivity index (χ3v) is 5.35. The third-order valence-electron chi connectivity index (χ3n) is 4.37. The maximum atomic E-state index is 12.1. The lowest BCUT2D eigenvalue weighted by molar-refractivity contribution is -0.118. The van der Waals surface area contributed by atoms with Gasteiger partial charge in [-0.1, -0.05) is 30.0 Å². The molecule has 3 rings (SSSR count). The number of methoxy groups -OCH3 is 1. The molecular formula is C18H24N4O4S. The highest BCUT2D eigenvalue weighted by Crippen LogP contribution is 2.19. The van der Waals surface area contributed by atoms with Crippen LogP contribution in [0, 0.1) is 0 Å². The van der Waals surface area contributed by atoms with Gasteiger partial charge in [-0.3, -0.25) is 9.36 Å². The summed E-state index contributed by atoms with van der Waals surface area (Å²) in [5.41, 5.74) is 0.773. The number of aromatic nitrogens is 3. The molecule has 1 fully saturated rings. The van der Waals surface area contributed by atoms with Gasteiger partial charge in [-0.25, -0.2) is 9.89 Å². The summed E-state index contributed by atoms with van der Waals surface area (Å²) >= 11 is 1.24. The zero-order valence-electron chi connectivity index (χ0n) is 15.3. The number of para-hydroxylation sites is 1. The Kier molecular flexibility index (Phi) is 6.94. The van der Waals surface area contributed by atoms with Crippen molar-refractivity contribution in [2.75, 3.05) is 26.0 Å². The lowest BCUT2D eigenvalue weighted by Crippen LogP contribution is -2.28. The van der Waals surface area contributed by atoms with Crippen molar-refractivity contribution in [2.24, 2.45) is 0 Å². The van der Waals surface area contributed by atoms with Crippen LogP contribution in [0.3, 0.4) is 0 Å². The van der Waals surface area contributed by atoms with Crippen LogP contribution < -0.4 is 15.7 Å². The molecule has 0 spiro atoms. The second-order valence-corrected chi connectivity index (χ2v) is 7.20. The summed E-state index contributed by atoms with van der Waals surface area (Å²) < 4.78 is 12.4. The van der Waals surface area contributed by atoms with Crippen molar-refractivity contribution in [1.82, 2.24) is 20.1 Å². The van der Waals surface area contributed by atoms with E-state index in [1.807, 2.05) is 24.3 Å². The molecule has 146 valence electrons. The molecule has 1 aliphatic rings. The average molecular weight is 392 g/mol. The van der Waals surface area contributed by atoms with E-state index in [0.717, 1.165) is 30.8 Å². The molecule has 8 nitrogen and oxygen atoms in total. The molecule has 2 heterocycles. The molecule has 0 aliphatic carbocycles. The number of benzene rings is 1. The van der Waals surface area contributed by atoms with Crippen LogP contribution in [0.25, 0.3) is 0 Å². The highest BCUT2D eigenvalue weighted by atomic mass is 32.2. The van der Waals surface area contributed by atoms with Gasteiger partial charge in [-0.2, -0.15) is 0 Å². The highest BCUT2D eigenvalue weighted by molar-refractivity contribution is 7.99. The number of hydrogen-bond acceptors (Lipinski definition) is 6. The quantitative estimate of drug-likeness (QED) is 0.623. The standard InChI is InChI=1S/C18H24N4O4S/c1-25-15-7-3-2-5-13(15)8-9-19-16(23)12-27-18-21-20-17(24)22(18)11-14-6-4-10-26-14/h2-3,5,7,14H,4,6,8-12H2,1H3,(H,19,23)(H,20,24)/t14-/m1/s1. The van der Waals surface area contributed by atoms with Gasteiger partial charge >= 0.3 is 5.69 Å².